The largest absolute Gasteiger partial charge is 0.315 e. The van der Waals surface area contributed by atoms with Crippen molar-refractivity contribution in [2.24, 2.45) is 0 Å². The maximum Gasteiger partial charge on any atom is 0.242 e. The molecule has 0 radical (unpaired) electrons. The van der Waals surface area contributed by atoms with Gasteiger partial charge >= 0.3 is 0 Å². The number of benzene rings is 1. The van der Waals surface area contributed by atoms with Crippen LogP contribution in [0.4, 0.5) is 0 Å². The Bertz CT molecular complexity index is 730. The van der Waals surface area contributed by atoms with Crippen LogP contribution in [0.25, 0.3) is 0 Å². The third kappa shape index (κ3) is 4.61. The normalized spacial score (nSPS) is 11.8. The highest BCUT2D eigenvalue weighted by Crippen LogP contribution is 2.31. The molecular weight excluding hydrogens is 440 g/mol. The zero-order valence-electron chi connectivity index (χ0n) is 11.2. The number of halogens is 2. The zero-order valence-corrected chi connectivity index (χ0v) is 16.0. The Kier molecular flexibility index (Phi) is 5.98. The molecule has 8 heteroatoms. The summed E-state index contributed by atoms with van der Waals surface area (Å²) in [5, 5.41) is 3.01. The predicted molar refractivity (Wildman–Crippen MR) is 93.0 cm³/mol. The van der Waals surface area contributed by atoms with Crippen LogP contribution in [-0.2, 0) is 23.1 Å². The summed E-state index contributed by atoms with van der Waals surface area (Å²) in [5.41, 5.74) is 0.898. The van der Waals surface area contributed by atoms with Crippen LogP contribution in [0.3, 0.4) is 0 Å². The van der Waals surface area contributed by atoms with E-state index >= 15 is 0 Å². The molecule has 0 aliphatic heterocycles. The summed E-state index contributed by atoms with van der Waals surface area (Å²) in [7, 11) is -1.70. The van der Waals surface area contributed by atoms with Crippen molar-refractivity contribution in [2.75, 3.05) is 7.05 Å². The number of rotatable bonds is 6. The van der Waals surface area contributed by atoms with Crippen molar-refractivity contribution in [1.29, 1.82) is 0 Å². The van der Waals surface area contributed by atoms with Gasteiger partial charge in [-0.2, -0.15) is 0 Å². The lowest BCUT2D eigenvalue weighted by Crippen LogP contribution is -2.23. The Labute approximate surface area is 145 Å². The fraction of sp³-hybridized carbons (Fsp3) is 0.231. The van der Waals surface area contributed by atoms with Gasteiger partial charge in [-0.15, -0.1) is 11.3 Å². The minimum absolute atomic E-state index is 0.255. The molecule has 114 valence electrons. The van der Waals surface area contributed by atoms with Gasteiger partial charge in [-0.1, -0.05) is 28.1 Å². The Morgan fingerprint density at radius 3 is 2.62 bits per heavy atom. The van der Waals surface area contributed by atoms with Crippen molar-refractivity contribution in [3.05, 3.63) is 49.0 Å². The molecule has 2 rings (SSSR count). The molecule has 0 aliphatic rings. The third-order valence-electron chi connectivity index (χ3n) is 2.70. The van der Waals surface area contributed by atoms with Crippen LogP contribution in [0, 0.1) is 0 Å². The zero-order chi connectivity index (χ0) is 15.5. The number of hydrogen-bond donors (Lipinski definition) is 2. The van der Waals surface area contributed by atoms with Crippen molar-refractivity contribution in [2.45, 2.75) is 18.0 Å². The lowest BCUT2D eigenvalue weighted by atomic mass is 10.2. The summed E-state index contributed by atoms with van der Waals surface area (Å²) >= 11 is 8.11. The average molecular weight is 454 g/mol. The SMILES string of the molecule is CNCc1cc(S(=O)(=O)NCc2cccc(Br)c2)c(Br)s1. The van der Waals surface area contributed by atoms with Gasteiger partial charge in [0, 0.05) is 22.4 Å². The molecule has 2 N–H and O–H groups in total. The molecule has 0 aliphatic carbocycles. The maximum absolute atomic E-state index is 12.4. The van der Waals surface area contributed by atoms with E-state index in [-0.39, 0.29) is 11.4 Å². The van der Waals surface area contributed by atoms with Crippen LogP contribution >= 0.6 is 43.2 Å². The number of sulfonamides is 1. The third-order valence-corrected chi connectivity index (χ3v) is 6.85. The molecule has 1 aromatic heterocycles. The van der Waals surface area contributed by atoms with Crippen molar-refractivity contribution in [1.82, 2.24) is 10.0 Å². The van der Waals surface area contributed by atoms with Crippen LogP contribution in [0.15, 0.2) is 43.5 Å². The Balaban J connectivity index is 2.15. The van der Waals surface area contributed by atoms with Crippen molar-refractivity contribution < 1.29 is 8.42 Å². The number of thiophene rings is 1. The standard InChI is InChI=1S/C13H14Br2N2O2S2/c1-16-8-11-6-12(13(15)20-11)21(18,19)17-7-9-3-2-4-10(14)5-9/h2-6,16-17H,7-8H2,1H3. The van der Waals surface area contributed by atoms with Gasteiger partial charge in [0.25, 0.3) is 0 Å². The second kappa shape index (κ2) is 7.34. The van der Waals surface area contributed by atoms with E-state index in [1.165, 1.54) is 11.3 Å². The Morgan fingerprint density at radius 2 is 1.95 bits per heavy atom. The van der Waals surface area contributed by atoms with Gasteiger partial charge in [0.1, 0.15) is 4.90 Å². The molecule has 1 aromatic carbocycles. The molecule has 0 amide bonds. The van der Waals surface area contributed by atoms with Crippen LogP contribution in [0.2, 0.25) is 0 Å². The Hall–Kier alpha value is -0.250. The van der Waals surface area contributed by atoms with Crippen molar-refractivity contribution >= 4 is 53.2 Å². The van der Waals surface area contributed by atoms with Crippen LogP contribution in [0.1, 0.15) is 10.4 Å². The van der Waals surface area contributed by atoms with Gasteiger partial charge in [0.15, 0.2) is 0 Å². The molecule has 2 aromatic rings. The first kappa shape index (κ1) is 17.1. The van der Waals surface area contributed by atoms with Crippen LogP contribution in [-0.4, -0.2) is 15.5 Å². The summed E-state index contributed by atoms with van der Waals surface area (Å²) in [6.07, 6.45) is 0. The summed E-state index contributed by atoms with van der Waals surface area (Å²) in [6.45, 7) is 0.899. The highest BCUT2D eigenvalue weighted by atomic mass is 79.9. The molecule has 0 saturated heterocycles. The number of nitrogens with one attached hydrogen (secondary N) is 2. The molecule has 21 heavy (non-hydrogen) atoms. The van der Waals surface area contributed by atoms with Gasteiger partial charge in [0.2, 0.25) is 10.0 Å². The molecule has 0 saturated carbocycles. The molecule has 0 fully saturated rings. The minimum atomic E-state index is -3.53. The Morgan fingerprint density at radius 1 is 1.19 bits per heavy atom. The average Bonchev–Trinajstić information content (AvgIpc) is 2.79. The van der Waals surface area contributed by atoms with Gasteiger partial charge in [-0.3, -0.25) is 0 Å². The number of hydrogen-bond acceptors (Lipinski definition) is 4. The molecule has 0 atom stereocenters. The highest BCUT2D eigenvalue weighted by molar-refractivity contribution is 9.11. The van der Waals surface area contributed by atoms with E-state index in [0.29, 0.717) is 10.3 Å². The molecule has 0 spiro atoms. The first-order chi connectivity index (χ1) is 9.92. The fourth-order valence-corrected chi connectivity index (χ4v) is 5.90. The van der Waals surface area contributed by atoms with Crippen molar-refractivity contribution in [3.8, 4) is 0 Å². The smallest absolute Gasteiger partial charge is 0.242 e. The highest BCUT2D eigenvalue weighted by Gasteiger charge is 2.20. The summed E-state index contributed by atoms with van der Waals surface area (Å²) in [4.78, 5) is 1.25. The summed E-state index contributed by atoms with van der Waals surface area (Å²) in [5.74, 6) is 0. The van der Waals surface area contributed by atoms with Crippen LogP contribution < -0.4 is 10.0 Å². The first-order valence-corrected chi connectivity index (χ1v) is 9.98. The van der Waals surface area contributed by atoms with Gasteiger partial charge in [-0.05, 0) is 46.7 Å². The molecule has 0 unspecified atom stereocenters. The fourth-order valence-electron chi connectivity index (χ4n) is 1.75. The van der Waals surface area contributed by atoms with E-state index in [2.05, 4.69) is 41.9 Å². The quantitative estimate of drug-likeness (QED) is 0.703. The van der Waals surface area contributed by atoms with E-state index in [4.69, 9.17) is 0 Å². The van der Waals surface area contributed by atoms with E-state index in [0.717, 1.165) is 14.9 Å². The van der Waals surface area contributed by atoms with Gasteiger partial charge in [0.05, 0.1) is 3.79 Å². The molecule has 1 heterocycles. The topological polar surface area (TPSA) is 58.2 Å². The van der Waals surface area contributed by atoms with Gasteiger partial charge < -0.3 is 5.32 Å². The lowest BCUT2D eigenvalue weighted by Gasteiger charge is -2.06. The van der Waals surface area contributed by atoms with E-state index in [1.807, 2.05) is 31.3 Å². The van der Waals surface area contributed by atoms with Crippen molar-refractivity contribution in [3.63, 3.8) is 0 Å². The second-order valence-corrected chi connectivity index (χ2v) is 9.44. The summed E-state index contributed by atoms with van der Waals surface area (Å²) < 4.78 is 28.9. The van der Waals surface area contributed by atoms with Crippen LogP contribution in [0.5, 0.6) is 0 Å². The summed E-state index contributed by atoms with van der Waals surface area (Å²) in [6, 6.07) is 9.23. The molecule has 4 nitrogen and oxygen atoms in total. The minimum Gasteiger partial charge on any atom is -0.315 e. The lowest BCUT2D eigenvalue weighted by molar-refractivity contribution is 0.581. The molecular formula is C13H14Br2N2O2S2. The van der Waals surface area contributed by atoms with Gasteiger partial charge in [-0.25, -0.2) is 13.1 Å². The van der Waals surface area contributed by atoms with E-state index in [1.54, 1.807) is 6.07 Å². The maximum atomic E-state index is 12.4. The predicted octanol–water partition coefficient (Wildman–Crippen LogP) is 3.47. The second-order valence-electron chi connectivity index (χ2n) is 4.34. The monoisotopic (exact) mass is 452 g/mol. The van der Waals surface area contributed by atoms with E-state index in [9.17, 15) is 8.42 Å². The first-order valence-electron chi connectivity index (χ1n) is 6.09. The van der Waals surface area contributed by atoms with E-state index < -0.39 is 10.0 Å². The molecule has 0 bridgehead atoms.